The van der Waals surface area contributed by atoms with Gasteiger partial charge < -0.3 is 14.6 Å². The van der Waals surface area contributed by atoms with Gasteiger partial charge in [0.05, 0.1) is 19.8 Å². The lowest BCUT2D eigenvalue weighted by Gasteiger charge is -2.22. The SMILES string of the molecule is COc1ccc(CCN=CC2=C(O)CC(c3ccc(OC)cc3)CC2=O)cc1. The van der Waals surface area contributed by atoms with Crippen LogP contribution in [-0.2, 0) is 11.2 Å². The van der Waals surface area contributed by atoms with Crippen LogP contribution >= 0.6 is 0 Å². The smallest absolute Gasteiger partial charge is 0.168 e. The fraction of sp³-hybridized carbons (Fsp3) is 0.304. The number of aliphatic hydroxyl groups is 1. The Morgan fingerprint density at radius 2 is 1.61 bits per heavy atom. The van der Waals surface area contributed by atoms with Gasteiger partial charge in [0.2, 0.25) is 0 Å². The van der Waals surface area contributed by atoms with E-state index in [0.29, 0.717) is 25.0 Å². The Morgan fingerprint density at radius 1 is 1.00 bits per heavy atom. The number of hydrogen-bond acceptors (Lipinski definition) is 5. The molecule has 146 valence electrons. The quantitative estimate of drug-likeness (QED) is 0.729. The van der Waals surface area contributed by atoms with Crippen LogP contribution in [0.4, 0.5) is 0 Å². The van der Waals surface area contributed by atoms with E-state index in [1.54, 1.807) is 14.2 Å². The van der Waals surface area contributed by atoms with Crippen LogP contribution in [0.15, 0.2) is 64.9 Å². The van der Waals surface area contributed by atoms with Gasteiger partial charge in [-0.3, -0.25) is 9.79 Å². The molecule has 1 N–H and O–H groups in total. The molecule has 2 aromatic rings. The molecule has 0 bridgehead atoms. The summed E-state index contributed by atoms with van der Waals surface area (Å²) in [6.07, 6.45) is 3.09. The first-order valence-corrected chi connectivity index (χ1v) is 9.32. The molecular formula is C23H25NO4. The van der Waals surface area contributed by atoms with Gasteiger partial charge in [-0.2, -0.15) is 0 Å². The molecule has 0 amide bonds. The number of aliphatic hydroxyl groups excluding tert-OH is 1. The second kappa shape index (κ2) is 9.22. The third-order valence-electron chi connectivity index (χ3n) is 4.98. The average molecular weight is 379 g/mol. The van der Waals surface area contributed by atoms with E-state index in [0.717, 1.165) is 29.0 Å². The highest BCUT2D eigenvalue weighted by Crippen LogP contribution is 2.33. The number of Topliss-reactive ketones (excluding diaryl/α,β-unsaturated/α-hetero) is 1. The van der Waals surface area contributed by atoms with Crippen molar-refractivity contribution in [2.24, 2.45) is 4.99 Å². The lowest BCUT2D eigenvalue weighted by atomic mass is 9.83. The number of allylic oxidation sites excluding steroid dienone is 2. The fourth-order valence-corrected chi connectivity index (χ4v) is 3.31. The monoisotopic (exact) mass is 379 g/mol. The van der Waals surface area contributed by atoms with Gasteiger partial charge in [0.1, 0.15) is 17.3 Å². The van der Waals surface area contributed by atoms with Crippen molar-refractivity contribution in [3.8, 4) is 11.5 Å². The second-order valence-electron chi connectivity index (χ2n) is 6.80. The number of carbonyl (C=O) groups excluding carboxylic acids is 1. The van der Waals surface area contributed by atoms with E-state index in [1.165, 1.54) is 6.21 Å². The molecule has 0 radical (unpaired) electrons. The van der Waals surface area contributed by atoms with Crippen LogP contribution in [0.2, 0.25) is 0 Å². The molecule has 0 heterocycles. The number of carbonyl (C=O) groups is 1. The van der Waals surface area contributed by atoms with Gasteiger partial charge in [-0.05, 0) is 47.7 Å². The van der Waals surface area contributed by atoms with Gasteiger partial charge in [-0.15, -0.1) is 0 Å². The van der Waals surface area contributed by atoms with E-state index in [1.807, 2.05) is 48.5 Å². The number of rotatable bonds is 7. The van der Waals surface area contributed by atoms with Crippen molar-refractivity contribution in [2.45, 2.75) is 25.2 Å². The molecule has 0 spiro atoms. The summed E-state index contributed by atoms with van der Waals surface area (Å²) in [6.45, 7) is 0.554. The zero-order valence-electron chi connectivity index (χ0n) is 16.2. The van der Waals surface area contributed by atoms with Crippen molar-refractivity contribution < 1.29 is 19.4 Å². The van der Waals surface area contributed by atoms with Crippen molar-refractivity contribution in [3.63, 3.8) is 0 Å². The Kier molecular flexibility index (Phi) is 6.48. The van der Waals surface area contributed by atoms with Crippen LogP contribution in [0.5, 0.6) is 11.5 Å². The number of benzene rings is 2. The van der Waals surface area contributed by atoms with E-state index < -0.39 is 0 Å². The largest absolute Gasteiger partial charge is 0.511 e. The molecule has 2 aromatic carbocycles. The summed E-state index contributed by atoms with van der Waals surface area (Å²) < 4.78 is 10.3. The van der Waals surface area contributed by atoms with Gasteiger partial charge in [0.25, 0.3) is 0 Å². The topological polar surface area (TPSA) is 68.1 Å². The number of hydrogen-bond donors (Lipinski definition) is 1. The first kappa shape index (κ1) is 19.7. The minimum Gasteiger partial charge on any atom is -0.511 e. The molecular weight excluding hydrogens is 354 g/mol. The second-order valence-corrected chi connectivity index (χ2v) is 6.80. The molecule has 5 nitrogen and oxygen atoms in total. The number of nitrogens with zero attached hydrogens (tertiary/aromatic N) is 1. The number of aliphatic imine (C=N–C) groups is 1. The molecule has 1 unspecified atom stereocenters. The lowest BCUT2D eigenvalue weighted by molar-refractivity contribution is -0.116. The van der Waals surface area contributed by atoms with Crippen molar-refractivity contribution in [1.29, 1.82) is 0 Å². The van der Waals surface area contributed by atoms with Gasteiger partial charge in [0.15, 0.2) is 5.78 Å². The molecule has 0 aromatic heterocycles. The third-order valence-corrected chi connectivity index (χ3v) is 4.98. The van der Waals surface area contributed by atoms with Crippen molar-refractivity contribution >= 4 is 12.0 Å². The molecule has 0 saturated carbocycles. The van der Waals surface area contributed by atoms with Crippen LogP contribution in [0.1, 0.15) is 29.9 Å². The molecule has 0 saturated heterocycles. The summed E-state index contributed by atoms with van der Waals surface area (Å²) in [7, 11) is 3.26. The van der Waals surface area contributed by atoms with Crippen LogP contribution in [0.3, 0.4) is 0 Å². The molecule has 3 rings (SSSR count). The average Bonchev–Trinajstić information content (AvgIpc) is 2.73. The highest BCUT2D eigenvalue weighted by molar-refractivity contribution is 6.14. The molecule has 0 aliphatic heterocycles. The Labute approximate surface area is 165 Å². The Hall–Kier alpha value is -3.08. The highest BCUT2D eigenvalue weighted by atomic mass is 16.5. The molecule has 1 aliphatic rings. The standard InChI is InChI=1S/C23H25NO4/c1-27-19-7-3-16(4-8-19)11-12-24-15-21-22(25)13-18(14-23(21)26)17-5-9-20(28-2)10-6-17/h3-10,15,18,25H,11-14H2,1-2H3. The van der Waals surface area contributed by atoms with Crippen molar-refractivity contribution in [3.05, 3.63) is 71.0 Å². The zero-order valence-corrected chi connectivity index (χ0v) is 16.2. The molecule has 1 atom stereocenters. The minimum atomic E-state index is -0.0715. The highest BCUT2D eigenvalue weighted by Gasteiger charge is 2.27. The first-order chi connectivity index (χ1) is 13.6. The number of ether oxygens (including phenoxy) is 2. The zero-order chi connectivity index (χ0) is 19.9. The van der Waals surface area contributed by atoms with Crippen LogP contribution in [0.25, 0.3) is 0 Å². The fourth-order valence-electron chi connectivity index (χ4n) is 3.31. The van der Waals surface area contributed by atoms with Gasteiger partial charge in [-0.1, -0.05) is 24.3 Å². The summed E-state index contributed by atoms with van der Waals surface area (Å²) in [5.41, 5.74) is 2.50. The van der Waals surface area contributed by atoms with Crippen molar-refractivity contribution in [1.82, 2.24) is 0 Å². The van der Waals surface area contributed by atoms with Crippen LogP contribution in [0, 0.1) is 0 Å². The summed E-state index contributed by atoms with van der Waals surface area (Å²) in [6, 6.07) is 15.4. The maximum Gasteiger partial charge on any atom is 0.168 e. The summed E-state index contributed by atoms with van der Waals surface area (Å²) >= 11 is 0. The van der Waals surface area contributed by atoms with E-state index in [-0.39, 0.29) is 17.5 Å². The normalized spacial score (nSPS) is 17.2. The molecule has 0 fully saturated rings. The predicted molar refractivity (Wildman–Crippen MR) is 110 cm³/mol. The van der Waals surface area contributed by atoms with E-state index >= 15 is 0 Å². The molecule has 28 heavy (non-hydrogen) atoms. The van der Waals surface area contributed by atoms with Gasteiger partial charge >= 0.3 is 0 Å². The summed E-state index contributed by atoms with van der Waals surface area (Å²) in [4.78, 5) is 16.8. The van der Waals surface area contributed by atoms with Crippen molar-refractivity contribution in [2.75, 3.05) is 20.8 Å². The number of ketones is 1. The van der Waals surface area contributed by atoms with Gasteiger partial charge in [-0.25, -0.2) is 0 Å². The Balaban J connectivity index is 1.60. The molecule has 1 aliphatic carbocycles. The first-order valence-electron chi connectivity index (χ1n) is 9.32. The predicted octanol–water partition coefficient (Wildman–Crippen LogP) is 4.28. The Morgan fingerprint density at radius 3 is 2.18 bits per heavy atom. The maximum atomic E-state index is 12.5. The van der Waals surface area contributed by atoms with Crippen LogP contribution in [-0.4, -0.2) is 37.9 Å². The lowest BCUT2D eigenvalue weighted by Crippen LogP contribution is -2.19. The molecule has 5 heteroatoms. The van der Waals surface area contributed by atoms with E-state index in [4.69, 9.17) is 9.47 Å². The third kappa shape index (κ3) is 4.80. The summed E-state index contributed by atoms with van der Waals surface area (Å²) in [5, 5.41) is 10.4. The maximum absolute atomic E-state index is 12.5. The van der Waals surface area contributed by atoms with E-state index in [2.05, 4.69) is 4.99 Å². The van der Waals surface area contributed by atoms with E-state index in [9.17, 15) is 9.90 Å². The number of methoxy groups -OCH3 is 2. The minimum absolute atomic E-state index is 0.0187. The summed E-state index contributed by atoms with van der Waals surface area (Å²) in [5.74, 6) is 1.62. The van der Waals surface area contributed by atoms with Gasteiger partial charge in [0, 0.05) is 25.6 Å². The Bertz CT molecular complexity index is 866. The van der Waals surface area contributed by atoms with Crippen LogP contribution < -0.4 is 9.47 Å².